The maximum absolute atomic E-state index is 12.5. The summed E-state index contributed by atoms with van der Waals surface area (Å²) in [5, 5.41) is 2.90. The van der Waals surface area contributed by atoms with Gasteiger partial charge in [0.25, 0.3) is 5.91 Å². The molecule has 0 aromatic heterocycles. The Bertz CT molecular complexity index is 867. The molecule has 0 radical (unpaired) electrons. The van der Waals surface area contributed by atoms with Crippen molar-refractivity contribution in [3.63, 3.8) is 0 Å². The molecule has 2 aromatic carbocycles. The lowest BCUT2D eigenvalue weighted by molar-refractivity contribution is -0.125. The van der Waals surface area contributed by atoms with Crippen molar-refractivity contribution in [1.29, 1.82) is 0 Å². The highest BCUT2D eigenvalue weighted by Gasteiger charge is 2.26. The zero-order chi connectivity index (χ0) is 21.3. The number of carbonyl (C=O) groups excluding carboxylic acids is 2. The largest absolute Gasteiger partial charge is 0.492 e. The summed E-state index contributed by atoms with van der Waals surface area (Å²) < 4.78 is 11.4. The highest BCUT2D eigenvalue weighted by molar-refractivity contribution is 6.02. The number of likely N-dealkylation sites (N-methyl/N-ethyl adjacent to an activating group) is 1. The number of carbonyl (C=O) groups is 2. The zero-order valence-electron chi connectivity index (χ0n) is 17.6. The number of ether oxygens (including phenoxy) is 2. The number of fused-ring (bicyclic) bond motifs is 1. The first-order valence-electron chi connectivity index (χ1n) is 10.3. The topological polar surface area (TPSA) is 71.1 Å². The summed E-state index contributed by atoms with van der Waals surface area (Å²) >= 11 is 0. The number of anilines is 1. The van der Waals surface area contributed by atoms with Gasteiger partial charge in [-0.2, -0.15) is 0 Å². The molecule has 7 nitrogen and oxygen atoms in total. The Morgan fingerprint density at radius 1 is 1.13 bits per heavy atom. The van der Waals surface area contributed by atoms with Crippen molar-refractivity contribution in [2.75, 3.05) is 44.3 Å². The smallest absolute Gasteiger partial charge is 0.265 e. The van der Waals surface area contributed by atoms with Crippen LogP contribution in [0.5, 0.6) is 11.5 Å². The minimum Gasteiger partial charge on any atom is -0.492 e. The lowest BCUT2D eigenvalue weighted by Gasteiger charge is -2.28. The fourth-order valence-electron chi connectivity index (χ4n) is 3.34. The minimum absolute atomic E-state index is 0.0514. The molecule has 0 unspecified atom stereocenters. The van der Waals surface area contributed by atoms with Crippen LogP contribution in [0.4, 0.5) is 5.69 Å². The van der Waals surface area contributed by atoms with E-state index in [1.54, 1.807) is 12.1 Å². The Morgan fingerprint density at radius 2 is 1.87 bits per heavy atom. The zero-order valence-corrected chi connectivity index (χ0v) is 17.6. The van der Waals surface area contributed by atoms with Crippen LogP contribution in [-0.4, -0.2) is 56.1 Å². The van der Waals surface area contributed by atoms with Crippen molar-refractivity contribution < 1.29 is 19.1 Å². The van der Waals surface area contributed by atoms with Gasteiger partial charge in [-0.25, -0.2) is 0 Å². The first-order valence-corrected chi connectivity index (χ1v) is 10.3. The third-order valence-corrected chi connectivity index (χ3v) is 5.12. The molecule has 1 heterocycles. The lowest BCUT2D eigenvalue weighted by atomic mass is 10.2. The summed E-state index contributed by atoms with van der Waals surface area (Å²) in [5.74, 6) is 0.900. The van der Waals surface area contributed by atoms with Gasteiger partial charge in [-0.05, 0) is 31.3 Å². The third kappa shape index (κ3) is 5.51. The Hall–Kier alpha value is -3.06. The molecule has 1 aliphatic rings. The fourth-order valence-corrected chi connectivity index (χ4v) is 3.34. The van der Waals surface area contributed by atoms with E-state index in [0.29, 0.717) is 24.6 Å². The van der Waals surface area contributed by atoms with Crippen LogP contribution >= 0.6 is 0 Å². The van der Waals surface area contributed by atoms with E-state index >= 15 is 0 Å². The average Bonchev–Trinajstić information content (AvgIpc) is 2.78. The van der Waals surface area contributed by atoms with Crippen LogP contribution in [0.15, 0.2) is 48.5 Å². The van der Waals surface area contributed by atoms with Gasteiger partial charge >= 0.3 is 0 Å². The third-order valence-electron chi connectivity index (χ3n) is 5.12. The second-order valence-electron chi connectivity index (χ2n) is 7.00. The molecule has 1 N–H and O–H groups in total. The highest BCUT2D eigenvalue weighted by Crippen LogP contribution is 2.31. The summed E-state index contributed by atoms with van der Waals surface area (Å²) in [4.78, 5) is 28.5. The first kappa shape index (κ1) is 21.6. The summed E-state index contributed by atoms with van der Waals surface area (Å²) in [6.45, 7) is 7.90. The molecule has 160 valence electrons. The number of hydrogen-bond donors (Lipinski definition) is 1. The molecule has 0 bridgehead atoms. The number of nitrogens with one attached hydrogen (secondary N) is 1. The maximum Gasteiger partial charge on any atom is 0.265 e. The van der Waals surface area contributed by atoms with Gasteiger partial charge in [0.1, 0.15) is 24.7 Å². The summed E-state index contributed by atoms with van der Waals surface area (Å²) in [6, 6.07) is 14.9. The van der Waals surface area contributed by atoms with Crippen LogP contribution in [0.25, 0.3) is 0 Å². The van der Waals surface area contributed by atoms with Crippen molar-refractivity contribution >= 4 is 17.5 Å². The standard InChI is InChI=1S/C23H29N3O4/c1-3-25(4-2)13-14-29-20-11-7-5-9-18(20)15-24-22(27)16-26-19-10-6-8-12-21(19)30-17-23(26)28/h5-12H,3-4,13-17H2,1-2H3,(H,24,27). The average molecular weight is 412 g/mol. The van der Waals surface area contributed by atoms with E-state index in [-0.39, 0.29) is 25.0 Å². The number of benzene rings is 2. The van der Waals surface area contributed by atoms with Crippen molar-refractivity contribution in [2.24, 2.45) is 0 Å². The molecule has 0 saturated heterocycles. The highest BCUT2D eigenvalue weighted by atomic mass is 16.5. The van der Waals surface area contributed by atoms with Crippen molar-refractivity contribution in [2.45, 2.75) is 20.4 Å². The Labute approximate surface area is 177 Å². The quantitative estimate of drug-likeness (QED) is 0.650. The molecule has 0 spiro atoms. The van der Waals surface area contributed by atoms with Gasteiger partial charge in [0.2, 0.25) is 5.91 Å². The first-order chi connectivity index (χ1) is 14.6. The molecule has 0 aliphatic carbocycles. The molecular weight excluding hydrogens is 382 g/mol. The number of nitrogens with zero attached hydrogens (tertiary/aromatic N) is 2. The summed E-state index contributed by atoms with van der Waals surface area (Å²) in [7, 11) is 0. The van der Waals surface area contributed by atoms with Gasteiger partial charge in [-0.15, -0.1) is 0 Å². The van der Waals surface area contributed by atoms with Gasteiger partial charge in [0, 0.05) is 18.7 Å². The Morgan fingerprint density at radius 3 is 2.67 bits per heavy atom. The Balaban J connectivity index is 1.56. The van der Waals surface area contributed by atoms with Gasteiger partial charge < -0.3 is 19.7 Å². The van der Waals surface area contributed by atoms with Crippen LogP contribution in [0.3, 0.4) is 0 Å². The summed E-state index contributed by atoms with van der Waals surface area (Å²) in [5.41, 5.74) is 1.52. The van der Waals surface area contributed by atoms with Gasteiger partial charge in [0.05, 0.1) is 5.69 Å². The van der Waals surface area contributed by atoms with Crippen LogP contribution in [0, 0.1) is 0 Å². The van der Waals surface area contributed by atoms with Crippen LogP contribution < -0.4 is 19.7 Å². The van der Waals surface area contributed by atoms with Gasteiger partial charge in [0.15, 0.2) is 6.61 Å². The van der Waals surface area contributed by atoms with E-state index in [1.165, 1.54) is 4.90 Å². The van der Waals surface area contributed by atoms with E-state index in [4.69, 9.17) is 9.47 Å². The van der Waals surface area contributed by atoms with E-state index in [1.807, 2.05) is 36.4 Å². The van der Waals surface area contributed by atoms with E-state index in [9.17, 15) is 9.59 Å². The van der Waals surface area contributed by atoms with Crippen molar-refractivity contribution in [3.8, 4) is 11.5 Å². The van der Waals surface area contributed by atoms with Crippen LogP contribution in [-0.2, 0) is 16.1 Å². The van der Waals surface area contributed by atoms with Crippen molar-refractivity contribution in [3.05, 3.63) is 54.1 Å². The second kappa shape index (κ2) is 10.6. The number of para-hydroxylation sites is 3. The predicted octanol–water partition coefficient (Wildman–Crippen LogP) is 2.45. The van der Waals surface area contributed by atoms with Crippen LogP contribution in [0.2, 0.25) is 0 Å². The molecule has 0 atom stereocenters. The number of rotatable bonds is 10. The maximum atomic E-state index is 12.5. The monoisotopic (exact) mass is 411 g/mol. The molecule has 30 heavy (non-hydrogen) atoms. The summed E-state index contributed by atoms with van der Waals surface area (Å²) in [6.07, 6.45) is 0. The molecule has 2 aromatic rings. The van der Waals surface area contributed by atoms with Crippen LogP contribution in [0.1, 0.15) is 19.4 Å². The molecule has 0 fully saturated rings. The van der Waals surface area contributed by atoms with E-state index in [0.717, 1.165) is 30.9 Å². The number of hydrogen-bond acceptors (Lipinski definition) is 5. The molecule has 1 aliphatic heterocycles. The molecule has 7 heteroatoms. The molecular formula is C23H29N3O4. The second-order valence-corrected chi connectivity index (χ2v) is 7.00. The van der Waals surface area contributed by atoms with Crippen molar-refractivity contribution in [1.82, 2.24) is 10.2 Å². The normalized spacial score (nSPS) is 13.0. The Kier molecular flexibility index (Phi) is 7.68. The molecule has 2 amide bonds. The molecule has 3 rings (SSSR count). The minimum atomic E-state index is -0.238. The van der Waals surface area contributed by atoms with E-state index in [2.05, 4.69) is 24.1 Å². The van der Waals surface area contributed by atoms with E-state index < -0.39 is 0 Å². The molecule has 0 saturated carbocycles. The number of amides is 2. The predicted molar refractivity (Wildman–Crippen MR) is 116 cm³/mol. The van der Waals surface area contributed by atoms with Gasteiger partial charge in [-0.3, -0.25) is 14.5 Å². The fraction of sp³-hybridized carbons (Fsp3) is 0.391. The SMILES string of the molecule is CCN(CC)CCOc1ccccc1CNC(=O)CN1C(=O)COc2ccccc21. The van der Waals surface area contributed by atoms with Gasteiger partial charge in [-0.1, -0.05) is 44.2 Å². The lowest BCUT2D eigenvalue weighted by Crippen LogP contribution is -2.45.